The van der Waals surface area contributed by atoms with Crippen LogP contribution in [0.15, 0.2) is 22.7 Å². The van der Waals surface area contributed by atoms with E-state index in [2.05, 4.69) is 4.90 Å². The molecule has 20 heavy (non-hydrogen) atoms. The van der Waals surface area contributed by atoms with E-state index in [0.717, 1.165) is 48.3 Å². The Morgan fingerprint density at radius 1 is 0.950 bits per heavy atom. The fourth-order valence-corrected chi connectivity index (χ4v) is 3.50. The van der Waals surface area contributed by atoms with E-state index in [1.807, 2.05) is 14.1 Å². The zero-order valence-corrected chi connectivity index (χ0v) is 12.2. The number of carbonyl (C=O) groups excluding carboxylic acids is 2. The zero-order chi connectivity index (χ0) is 14.3. The van der Waals surface area contributed by atoms with E-state index >= 15 is 0 Å². The molecular formula is C16H21NO3. The molecule has 108 valence electrons. The van der Waals surface area contributed by atoms with Gasteiger partial charge in [-0.25, -0.2) is 0 Å². The van der Waals surface area contributed by atoms with Crippen molar-refractivity contribution >= 4 is 11.6 Å². The summed E-state index contributed by atoms with van der Waals surface area (Å²) >= 11 is 0. The van der Waals surface area contributed by atoms with E-state index in [4.69, 9.17) is 4.74 Å². The molecule has 0 saturated carbocycles. The lowest BCUT2D eigenvalue weighted by molar-refractivity contribution is -0.118. The Balaban J connectivity index is 2.05. The van der Waals surface area contributed by atoms with Gasteiger partial charge in [-0.3, -0.25) is 9.59 Å². The summed E-state index contributed by atoms with van der Waals surface area (Å²) in [5, 5.41) is 0. The van der Waals surface area contributed by atoms with E-state index in [1.54, 1.807) is 0 Å². The lowest BCUT2D eigenvalue weighted by Crippen LogP contribution is -2.36. The van der Waals surface area contributed by atoms with E-state index in [9.17, 15) is 9.59 Å². The molecule has 2 aliphatic carbocycles. The Labute approximate surface area is 119 Å². The second-order valence-electron chi connectivity index (χ2n) is 6.14. The Morgan fingerprint density at radius 3 is 1.90 bits per heavy atom. The summed E-state index contributed by atoms with van der Waals surface area (Å²) in [7, 11) is 3.97. The first kappa shape index (κ1) is 13.6. The van der Waals surface area contributed by atoms with E-state index in [1.165, 1.54) is 0 Å². The maximum absolute atomic E-state index is 12.3. The van der Waals surface area contributed by atoms with Crippen molar-refractivity contribution in [1.29, 1.82) is 0 Å². The minimum atomic E-state index is -0.0793. The Kier molecular flexibility index (Phi) is 3.50. The van der Waals surface area contributed by atoms with Gasteiger partial charge in [-0.15, -0.1) is 0 Å². The molecule has 4 heteroatoms. The molecule has 0 amide bonds. The van der Waals surface area contributed by atoms with E-state index in [0.29, 0.717) is 19.4 Å². The molecular weight excluding hydrogens is 254 g/mol. The predicted octanol–water partition coefficient (Wildman–Crippen LogP) is 2.21. The van der Waals surface area contributed by atoms with Crippen LogP contribution in [-0.4, -0.2) is 37.1 Å². The van der Waals surface area contributed by atoms with Crippen molar-refractivity contribution in [1.82, 2.24) is 4.90 Å². The summed E-state index contributed by atoms with van der Waals surface area (Å²) < 4.78 is 5.95. The van der Waals surface area contributed by atoms with Crippen LogP contribution in [-0.2, 0) is 14.3 Å². The van der Waals surface area contributed by atoms with Crippen molar-refractivity contribution in [2.45, 2.75) is 38.5 Å². The minimum Gasteiger partial charge on any atom is -0.465 e. The molecule has 0 aromatic rings. The maximum atomic E-state index is 12.3. The lowest BCUT2D eigenvalue weighted by atomic mass is 9.76. The van der Waals surface area contributed by atoms with E-state index < -0.39 is 0 Å². The summed E-state index contributed by atoms with van der Waals surface area (Å²) in [6.07, 6.45) is 4.56. The molecule has 3 aliphatic rings. The van der Waals surface area contributed by atoms with E-state index in [-0.39, 0.29) is 17.5 Å². The third-order valence-corrected chi connectivity index (χ3v) is 4.31. The van der Waals surface area contributed by atoms with Gasteiger partial charge in [0.1, 0.15) is 11.5 Å². The molecule has 0 bridgehead atoms. The number of hydrogen-bond acceptors (Lipinski definition) is 4. The topological polar surface area (TPSA) is 46.6 Å². The van der Waals surface area contributed by atoms with Crippen LogP contribution in [0.3, 0.4) is 0 Å². The van der Waals surface area contributed by atoms with Gasteiger partial charge in [-0.2, -0.15) is 0 Å². The highest BCUT2D eigenvalue weighted by Gasteiger charge is 2.40. The molecule has 0 N–H and O–H groups in total. The highest BCUT2D eigenvalue weighted by Crippen LogP contribution is 2.43. The first-order valence-corrected chi connectivity index (χ1v) is 7.43. The molecule has 0 saturated heterocycles. The van der Waals surface area contributed by atoms with Gasteiger partial charge in [0.2, 0.25) is 0 Å². The van der Waals surface area contributed by atoms with Gasteiger partial charge in [0.05, 0.1) is 0 Å². The zero-order valence-electron chi connectivity index (χ0n) is 12.2. The highest BCUT2D eigenvalue weighted by atomic mass is 16.5. The SMILES string of the molecule is CN(C)CC1C2=C(CCCC2=O)OC2=C1C(=O)CCC2. The minimum absolute atomic E-state index is 0.0793. The third-order valence-electron chi connectivity index (χ3n) is 4.31. The second-order valence-corrected chi connectivity index (χ2v) is 6.14. The average molecular weight is 275 g/mol. The Bertz CT molecular complexity index is 486. The van der Waals surface area contributed by atoms with Crippen molar-refractivity contribution in [3.05, 3.63) is 22.7 Å². The fourth-order valence-electron chi connectivity index (χ4n) is 3.50. The predicted molar refractivity (Wildman–Crippen MR) is 74.9 cm³/mol. The molecule has 0 atom stereocenters. The van der Waals surface area contributed by atoms with Crippen molar-refractivity contribution < 1.29 is 14.3 Å². The van der Waals surface area contributed by atoms with Crippen molar-refractivity contribution in [3.8, 4) is 0 Å². The van der Waals surface area contributed by atoms with Crippen LogP contribution >= 0.6 is 0 Å². The van der Waals surface area contributed by atoms with Gasteiger partial charge in [-0.1, -0.05) is 0 Å². The molecule has 0 spiro atoms. The van der Waals surface area contributed by atoms with Gasteiger partial charge in [-0.05, 0) is 26.9 Å². The molecule has 4 nitrogen and oxygen atoms in total. The monoisotopic (exact) mass is 275 g/mol. The number of allylic oxidation sites excluding steroid dienone is 2. The van der Waals surface area contributed by atoms with Crippen molar-refractivity contribution in [2.75, 3.05) is 20.6 Å². The van der Waals surface area contributed by atoms with Crippen LogP contribution in [0, 0.1) is 5.92 Å². The van der Waals surface area contributed by atoms with Gasteiger partial charge in [0.25, 0.3) is 0 Å². The molecule has 0 fully saturated rings. The summed E-state index contributed by atoms with van der Waals surface area (Å²) in [6, 6.07) is 0. The van der Waals surface area contributed by atoms with Crippen LogP contribution < -0.4 is 0 Å². The van der Waals surface area contributed by atoms with Gasteiger partial charge < -0.3 is 9.64 Å². The lowest BCUT2D eigenvalue weighted by Gasteiger charge is -2.36. The number of ketones is 2. The number of carbonyl (C=O) groups is 2. The van der Waals surface area contributed by atoms with Crippen LogP contribution in [0.1, 0.15) is 38.5 Å². The van der Waals surface area contributed by atoms with Gasteiger partial charge in [0.15, 0.2) is 11.6 Å². The number of ether oxygens (including phenoxy) is 1. The Hall–Kier alpha value is -1.42. The van der Waals surface area contributed by atoms with Crippen LogP contribution in [0.25, 0.3) is 0 Å². The first-order chi connectivity index (χ1) is 9.58. The number of rotatable bonds is 2. The molecule has 3 rings (SSSR count). The van der Waals surface area contributed by atoms with Crippen molar-refractivity contribution in [2.24, 2.45) is 5.92 Å². The van der Waals surface area contributed by atoms with Crippen molar-refractivity contribution in [3.63, 3.8) is 0 Å². The largest absolute Gasteiger partial charge is 0.465 e. The number of hydrogen-bond donors (Lipinski definition) is 0. The van der Waals surface area contributed by atoms with Crippen LogP contribution in [0.4, 0.5) is 0 Å². The molecule has 0 aromatic heterocycles. The summed E-state index contributed by atoms with van der Waals surface area (Å²) in [5.74, 6) is 1.93. The summed E-state index contributed by atoms with van der Waals surface area (Å²) in [4.78, 5) is 26.7. The van der Waals surface area contributed by atoms with Gasteiger partial charge in [0, 0.05) is 49.3 Å². The Morgan fingerprint density at radius 2 is 1.45 bits per heavy atom. The molecule has 0 radical (unpaired) electrons. The van der Waals surface area contributed by atoms with Crippen LogP contribution in [0.5, 0.6) is 0 Å². The number of nitrogens with zero attached hydrogens (tertiary/aromatic N) is 1. The second kappa shape index (κ2) is 5.17. The first-order valence-electron chi connectivity index (χ1n) is 7.43. The molecule has 0 aromatic carbocycles. The van der Waals surface area contributed by atoms with Gasteiger partial charge >= 0.3 is 0 Å². The molecule has 1 heterocycles. The highest BCUT2D eigenvalue weighted by molar-refractivity contribution is 6.04. The average Bonchev–Trinajstić information content (AvgIpc) is 2.37. The van der Waals surface area contributed by atoms with Crippen LogP contribution in [0.2, 0.25) is 0 Å². The maximum Gasteiger partial charge on any atom is 0.162 e. The third kappa shape index (κ3) is 2.22. The summed E-state index contributed by atoms with van der Waals surface area (Å²) in [5.41, 5.74) is 1.55. The molecule has 0 unspecified atom stereocenters. The summed E-state index contributed by atoms with van der Waals surface area (Å²) in [6.45, 7) is 0.707. The fraction of sp³-hybridized carbons (Fsp3) is 0.625. The number of Topliss-reactive ketones (excluding diaryl/α,β-unsaturated/α-hetero) is 2. The normalized spacial score (nSPS) is 23.9. The molecule has 1 aliphatic heterocycles. The standard InChI is InChI=1S/C16H21NO3/c1-17(2)9-10-15-11(18)5-3-7-13(15)20-14-8-4-6-12(19)16(10)14/h10H,3-9H2,1-2H3. The quantitative estimate of drug-likeness (QED) is 0.775. The smallest absolute Gasteiger partial charge is 0.162 e.